The summed E-state index contributed by atoms with van der Waals surface area (Å²) < 4.78 is 0. The Morgan fingerprint density at radius 3 is 2.65 bits per heavy atom. The molecule has 122 valence electrons. The van der Waals surface area contributed by atoms with Crippen LogP contribution in [-0.2, 0) is 11.3 Å². The zero-order valence-corrected chi connectivity index (χ0v) is 14.3. The summed E-state index contributed by atoms with van der Waals surface area (Å²) in [4.78, 5) is 31.2. The van der Waals surface area contributed by atoms with E-state index in [2.05, 4.69) is 10.3 Å². The van der Waals surface area contributed by atoms with Gasteiger partial charge in [-0.15, -0.1) is 11.3 Å². The Morgan fingerprint density at radius 2 is 2.09 bits per heavy atom. The molecule has 2 amide bonds. The van der Waals surface area contributed by atoms with Crippen molar-refractivity contribution in [3.05, 3.63) is 52.5 Å². The van der Waals surface area contributed by atoms with Crippen LogP contribution < -0.4 is 5.32 Å². The molecule has 2 rings (SSSR count). The van der Waals surface area contributed by atoms with E-state index in [1.807, 2.05) is 37.4 Å². The van der Waals surface area contributed by atoms with Crippen LogP contribution in [0, 0.1) is 5.92 Å². The summed E-state index contributed by atoms with van der Waals surface area (Å²) in [5, 5.41) is 4.69. The lowest BCUT2D eigenvalue weighted by molar-refractivity contribution is -0.133. The van der Waals surface area contributed by atoms with E-state index in [1.165, 1.54) is 11.3 Å². The summed E-state index contributed by atoms with van der Waals surface area (Å²) in [6.07, 6.45) is 3.43. The number of nitrogens with one attached hydrogen (secondary N) is 1. The van der Waals surface area contributed by atoms with Crippen LogP contribution >= 0.6 is 11.3 Å². The number of nitrogens with zero attached hydrogens (tertiary/aromatic N) is 2. The van der Waals surface area contributed by atoms with E-state index in [1.54, 1.807) is 30.4 Å². The Balaban J connectivity index is 2.04. The van der Waals surface area contributed by atoms with Crippen molar-refractivity contribution in [2.24, 2.45) is 5.92 Å². The molecular weight excluding hydrogens is 310 g/mol. The molecule has 2 aromatic rings. The van der Waals surface area contributed by atoms with Crippen molar-refractivity contribution in [1.82, 2.24) is 15.2 Å². The van der Waals surface area contributed by atoms with E-state index >= 15 is 0 Å². The molecule has 0 saturated heterocycles. The summed E-state index contributed by atoms with van der Waals surface area (Å²) in [6, 6.07) is 6.78. The second-order valence-electron chi connectivity index (χ2n) is 5.73. The van der Waals surface area contributed by atoms with Crippen molar-refractivity contribution in [2.75, 3.05) is 7.05 Å². The van der Waals surface area contributed by atoms with Gasteiger partial charge in [0, 0.05) is 26.0 Å². The van der Waals surface area contributed by atoms with Crippen LogP contribution in [0.4, 0.5) is 0 Å². The second kappa shape index (κ2) is 7.87. The van der Waals surface area contributed by atoms with Crippen LogP contribution in [0.15, 0.2) is 42.0 Å². The van der Waals surface area contributed by atoms with Crippen LogP contribution in [0.25, 0.3) is 0 Å². The molecule has 6 heteroatoms. The molecule has 1 unspecified atom stereocenters. The summed E-state index contributed by atoms with van der Waals surface area (Å²) in [5.74, 6) is -0.307. The van der Waals surface area contributed by atoms with Gasteiger partial charge in [0.05, 0.1) is 4.88 Å². The number of rotatable bonds is 6. The first-order chi connectivity index (χ1) is 11.0. The van der Waals surface area contributed by atoms with Gasteiger partial charge in [-0.25, -0.2) is 0 Å². The third kappa shape index (κ3) is 4.63. The van der Waals surface area contributed by atoms with Gasteiger partial charge >= 0.3 is 0 Å². The third-order valence-electron chi connectivity index (χ3n) is 3.48. The first kappa shape index (κ1) is 17.1. The zero-order chi connectivity index (χ0) is 16.8. The number of carbonyl (C=O) groups excluding carboxylic acids is 2. The van der Waals surface area contributed by atoms with Gasteiger partial charge in [0.15, 0.2) is 0 Å². The number of amides is 2. The van der Waals surface area contributed by atoms with E-state index in [4.69, 9.17) is 0 Å². The van der Waals surface area contributed by atoms with Gasteiger partial charge in [0.25, 0.3) is 5.91 Å². The zero-order valence-electron chi connectivity index (χ0n) is 13.5. The predicted octanol–water partition coefficient (Wildman–Crippen LogP) is 2.56. The SMILES string of the molecule is CC(C)C(NC(=O)c1cccs1)C(=O)N(C)Cc1cccnc1. The molecule has 5 nitrogen and oxygen atoms in total. The topological polar surface area (TPSA) is 62.3 Å². The van der Waals surface area contributed by atoms with Crippen LogP contribution in [-0.4, -0.2) is 34.8 Å². The molecule has 2 heterocycles. The number of pyridine rings is 1. The highest BCUT2D eigenvalue weighted by atomic mass is 32.1. The maximum Gasteiger partial charge on any atom is 0.262 e. The Kier molecular flexibility index (Phi) is 5.87. The molecule has 0 aliphatic carbocycles. The number of likely N-dealkylation sites (N-methyl/N-ethyl adjacent to an activating group) is 1. The molecule has 0 aliphatic heterocycles. The normalized spacial score (nSPS) is 12.0. The van der Waals surface area contributed by atoms with Gasteiger partial charge in [0.2, 0.25) is 5.91 Å². The van der Waals surface area contributed by atoms with Crippen LogP contribution in [0.5, 0.6) is 0 Å². The van der Waals surface area contributed by atoms with Crippen LogP contribution in [0.2, 0.25) is 0 Å². The number of aromatic nitrogens is 1. The predicted molar refractivity (Wildman–Crippen MR) is 91.1 cm³/mol. The largest absolute Gasteiger partial charge is 0.340 e. The fraction of sp³-hybridized carbons (Fsp3) is 0.353. The molecule has 0 saturated carbocycles. The Labute approximate surface area is 140 Å². The van der Waals surface area contributed by atoms with Crippen LogP contribution in [0.3, 0.4) is 0 Å². The fourth-order valence-electron chi connectivity index (χ4n) is 2.21. The quantitative estimate of drug-likeness (QED) is 0.885. The minimum atomic E-state index is -0.550. The van der Waals surface area contributed by atoms with Crippen molar-refractivity contribution < 1.29 is 9.59 Å². The van der Waals surface area contributed by atoms with Gasteiger partial charge in [-0.05, 0) is 29.0 Å². The maximum absolute atomic E-state index is 12.7. The van der Waals surface area contributed by atoms with E-state index in [9.17, 15) is 9.59 Å². The number of thiophene rings is 1. The van der Waals surface area contributed by atoms with Crippen LogP contribution in [0.1, 0.15) is 29.1 Å². The fourth-order valence-corrected chi connectivity index (χ4v) is 2.84. The molecule has 2 aromatic heterocycles. The third-order valence-corrected chi connectivity index (χ3v) is 4.35. The van der Waals surface area contributed by atoms with Gasteiger partial charge < -0.3 is 10.2 Å². The lowest BCUT2D eigenvalue weighted by atomic mass is 10.0. The lowest BCUT2D eigenvalue weighted by Gasteiger charge is -2.27. The van der Waals surface area contributed by atoms with E-state index in [0.29, 0.717) is 11.4 Å². The maximum atomic E-state index is 12.7. The van der Waals surface area contributed by atoms with E-state index < -0.39 is 6.04 Å². The van der Waals surface area contributed by atoms with Crippen molar-refractivity contribution in [3.8, 4) is 0 Å². The van der Waals surface area contributed by atoms with E-state index in [0.717, 1.165) is 5.56 Å². The molecule has 0 radical (unpaired) electrons. The molecule has 0 bridgehead atoms. The van der Waals surface area contributed by atoms with Gasteiger partial charge in [-0.3, -0.25) is 14.6 Å². The first-order valence-corrected chi connectivity index (χ1v) is 8.35. The molecule has 1 atom stereocenters. The standard InChI is InChI=1S/C17H21N3O2S/c1-12(2)15(19-16(21)14-7-5-9-23-14)17(22)20(3)11-13-6-4-8-18-10-13/h4-10,12,15H,11H2,1-3H3,(H,19,21). The number of hydrogen-bond donors (Lipinski definition) is 1. The summed E-state index contributed by atoms with van der Waals surface area (Å²) in [5.41, 5.74) is 0.954. The minimum absolute atomic E-state index is 0.00256. The van der Waals surface area contributed by atoms with Crippen molar-refractivity contribution in [1.29, 1.82) is 0 Å². The summed E-state index contributed by atoms with van der Waals surface area (Å²) in [7, 11) is 1.74. The monoisotopic (exact) mass is 331 g/mol. The number of carbonyl (C=O) groups is 2. The summed E-state index contributed by atoms with van der Waals surface area (Å²) >= 11 is 1.36. The van der Waals surface area contributed by atoms with Gasteiger partial charge in [-0.1, -0.05) is 26.0 Å². The highest BCUT2D eigenvalue weighted by molar-refractivity contribution is 7.12. The van der Waals surface area contributed by atoms with E-state index in [-0.39, 0.29) is 17.7 Å². The average molecular weight is 331 g/mol. The van der Waals surface area contributed by atoms with Crippen molar-refractivity contribution >= 4 is 23.2 Å². The molecule has 1 N–H and O–H groups in total. The lowest BCUT2D eigenvalue weighted by Crippen LogP contribution is -2.49. The smallest absolute Gasteiger partial charge is 0.262 e. The first-order valence-electron chi connectivity index (χ1n) is 7.47. The molecule has 23 heavy (non-hydrogen) atoms. The average Bonchev–Trinajstić information content (AvgIpc) is 3.07. The highest BCUT2D eigenvalue weighted by Gasteiger charge is 2.27. The molecule has 0 fully saturated rings. The molecule has 0 aromatic carbocycles. The minimum Gasteiger partial charge on any atom is -0.340 e. The number of hydrogen-bond acceptors (Lipinski definition) is 4. The van der Waals surface area contributed by atoms with Gasteiger partial charge in [-0.2, -0.15) is 0 Å². The highest BCUT2D eigenvalue weighted by Crippen LogP contribution is 2.12. The molecule has 0 aliphatic rings. The van der Waals surface area contributed by atoms with Crippen molar-refractivity contribution in [3.63, 3.8) is 0 Å². The Hall–Kier alpha value is -2.21. The molecule has 0 spiro atoms. The van der Waals surface area contributed by atoms with Crippen molar-refractivity contribution in [2.45, 2.75) is 26.4 Å². The summed E-state index contributed by atoms with van der Waals surface area (Å²) in [6.45, 7) is 4.31. The molecular formula is C17H21N3O2S. The van der Waals surface area contributed by atoms with Gasteiger partial charge in [0.1, 0.15) is 6.04 Å². The Bertz CT molecular complexity index is 641. The second-order valence-corrected chi connectivity index (χ2v) is 6.68. The Morgan fingerprint density at radius 1 is 1.30 bits per heavy atom.